The number of ketones is 1. The molecule has 5 nitrogen and oxygen atoms in total. The number of rotatable bonds is 2. The van der Waals surface area contributed by atoms with Crippen molar-refractivity contribution < 1.29 is 14.5 Å². The van der Waals surface area contributed by atoms with E-state index in [0.717, 1.165) is 19.3 Å². The SMILES string of the molecule is COC1CC(=O)C[C@H]2CCCC[C@@]12[N+](=O)[O-]. The number of nitrogens with zero attached hydrogens (tertiary/aromatic N) is 1. The number of Topliss-reactive ketones (excluding diaryl/α,β-unsaturated/α-hetero) is 1. The fraction of sp³-hybridized carbons (Fsp3) is 0.909. The normalized spacial score (nSPS) is 39.2. The summed E-state index contributed by atoms with van der Waals surface area (Å²) in [5.41, 5.74) is -0.999. The molecule has 0 N–H and O–H groups in total. The second-order valence-electron chi connectivity index (χ2n) is 4.86. The van der Waals surface area contributed by atoms with Crippen LogP contribution in [0, 0.1) is 16.0 Å². The molecule has 0 saturated heterocycles. The van der Waals surface area contributed by atoms with Gasteiger partial charge in [0.05, 0.1) is 0 Å². The molecule has 0 amide bonds. The van der Waals surface area contributed by atoms with Crippen LogP contribution in [0.2, 0.25) is 0 Å². The van der Waals surface area contributed by atoms with Gasteiger partial charge in [0.1, 0.15) is 11.9 Å². The second-order valence-corrected chi connectivity index (χ2v) is 4.86. The first-order chi connectivity index (χ1) is 7.61. The van der Waals surface area contributed by atoms with Gasteiger partial charge in [-0.15, -0.1) is 0 Å². The number of ether oxygens (including phenoxy) is 1. The fourth-order valence-electron chi connectivity index (χ4n) is 3.34. The van der Waals surface area contributed by atoms with Crippen molar-refractivity contribution in [2.45, 2.75) is 50.2 Å². The predicted octanol–water partition coefficient (Wildman–Crippen LogP) is 1.57. The van der Waals surface area contributed by atoms with Crippen LogP contribution in [0.25, 0.3) is 0 Å². The molecule has 16 heavy (non-hydrogen) atoms. The third-order valence-corrected chi connectivity index (χ3v) is 4.16. The van der Waals surface area contributed by atoms with E-state index >= 15 is 0 Å². The Bertz CT molecular complexity index is 305. The van der Waals surface area contributed by atoms with Gasteiger partial charge in [-0.25, -0.2) is 0 Å². The van der Waals surface area contributed by atoms with Gasteiger partial charge >= 0.3 is 0 Å². The van der Waals surface area contributed by atoms with Gasteiger partial charge < -0.3 is 4.74 Å². The van der Waals surface area contributed by atoms with Crippen LogP contribution in [0.15, 0.2) is 0 Å². The molecule has 0 radical (unpaired) electrons. The minimum Gasteiger partial charge on any atom is -0.373 e. The standard InChI is InChI=1S/C11H17NO4/c1-16-10-7-9(13)6-8-4-2-3-5-11(8,10)12(14)15/h8,10H,2-7H2,1H3/t8-,10?,11+/m1/s1. The third kappa shape index (κ3) is 1.54. The van der Waals surface area contributed by atoms with E-state index in [4.69, 9.17) is 4.74 Å². The molecule has 2 aliphatic carbocycles. The molecule has 0 spiro atoms. The molecule has 2 saturated carbocycles. The molecular weight excluding hydrogens is 210 g/mol. The Morgan fingerprint density at radius 3 is 2.81 bits per heavy atom. The Balaban J connectivity index is 2.36. The smallest absolute Gasteiger partial charge is 0.251 e. The predicted molar refractivity (Wildman–Crippen MR) is 56.7 cm³/mol. The van der Waals surface area contributed by atoms with Crippen LogP contribution in [0.5, 0.6) is 0 Å². The van der Waals surface area contributed by atoms with Crippen molar-refractivity contribution in [1.82, 2.24) is 0 Å². The van der Waals surface area contributed by atoms with Gasteiger partial charge in [-0.3, -0.25) is 14.9 Å². The van der Waals surface area contributed by atoms with Gasteiger partial charge in [-0.05, 0) is 12.8 Å². The lowest BCUT2D eigenvalue weighted by Gasteiger charge is -2.43. The number of carbonyl (C=O) groups excluding carboxylic acids is 1. The molecule has 2 aliphatic rings. The molecule has 1 unspecified atom stereocenters. The first kappa shape index (κ1) is 11.5. The lowest BCUT2D eigenvalue weighted by molar-refractivity contribution is -0.600. The Labute approximate surface area is 94.3 Å². The van der Waals surface area contributed by atoms with Crippen molar-refractivity contribution in [3.63, 3.8) is 0 Å². The summed E-state index contributed by atoms with van der Waals surface area (Å²) < 4.78 is 5.23. The van der Waals surface area contributed by atoms with Crippen molar-refractivity contribution >= 4 is 5.78 Å². The second kappa shape index (κ2) is 4.13. The van der Waals surface area contributed by atoms with Crippen molar-refractivity contribution in [3.05, 3.63) is 10.1 Å². The minimum absolute atomic E-state index is 0.108. The summed E-state index contributed by atoms with van der Waals surface area (Å²) in [6, 6.07) is 0. The molecule has 0 aliphatic heterocycles. The molecule has 0 aromatic rings. The molecule has 0 aromatic heterocycles. The maximum atomic E-state index is 11.5. The highest BCUT2D eigenvalue weighted by molar-refractivity contribution is 5.80. The zero-order valence-corrected chi connectivity index (χ0v) is 9.48. The largest absolute Gasteiger partial charge is 0.373 e. The van der Waals surface area contributed by atoms with E-state index in [9.17, 15) is 14.9 Å². The molecule has 0 heterocycles. The Morgan fingerprint density at radius 2 is 2.19 bits per heavy atom. The van der Waals surface area contributed by atoms with Gasteiger partial charge in [-0.2, -0.15) is 0 Å². The Hall–Kier alpha value is -0.970. The average Bonchev–Trinajstić information content (AvgIpc) is 2.27. The van der Waals surface area contributed by atoms with Crippen LogP contribution in [-0.2, 0) is 9.53 Å². The molecule has 90 valence electrons. The van der Waals surface area contributed by atoms with Crippen LogP contribution in [0.4, 0.5) is 0 Å². The van der Waals surface area contributed by atoms with E-state index in [2.05, 4.69) is 0 Å². The van der Waals surface area contributed by atoms with Gasteiger partial charge in [0.25, 0.3) is 5.54 Å². The summed E-state index contributed by atoms with van der Waals surface area (Å²) >= 11 is 0. The number of nitro groups is 1. The molecule has 5 heteroatoms. The Morgan fingerprint density at radius 1 is 1.44 bits per heavy atom. The monoisotopic (exact) mass is 227 g/mol. The highest BCUT2D eigenvalue weighted by Crippen LogP contribution is 2.45. The number of carbonyl (C=O) groups is 1. The zero-order valence-electron chi connectivity index (χ0n) is 9.48. The van der Waals surface area contributed by atoms with Crippen LogP contribution in [0.1, 0.15) is 38.5 Å². The summed E-state index contributed by atoms with van der Waals surface area (Å²) in [4.78, 5) is 22.8. The lowest BCUT2D eigenvalue weighted by atomic mass is 9.63. The summed E-state index contributed by atoms with van der Waals surface area (Å²) in [6.07, 6.45) is 3.22. The topological polar surface area (TPSA) is 69.4 Å². The van der Waals surface area contributed by atoms with Crippen LogP contribution in [0.3, 0.4) is 0 Å². The van der Waals surface area contributed by atoms with E-state index in [-0.39, 0.29) is 23.0 Å². The summed E-state index contributed by atoms with van der Waals surface area (Å²) in [5, 5.41) is 11.4. The number of hydrogen-bond acceptors (Lipinski definition) is 4. The first-order valence-electron chi connectivity index (χ1n) is 5.80. The van der Waals surface area contributed by atoms with Gasteiger partial charge in [0.2, 0.25) is 0 Å². The van der Waals surface area contributed by atoms with Crippen molar-refractivity contribution in [2.24, 2.45) is 5.92 Å². The average molecular weight is 227 g/mol. The quantitative estimate of drug-likeness (QED) is 0.530. The molecule has 2 fully saturated rings. The van der Waals surface area contributed by atoms with Crippen LogP contribution >= 0.6 is 0 Å². The van der Waals surface area contributed by atoms with Crippen molar-refractivity contribution in [1.29, 1.82) is 0 Å². The van der Waals surface area contributed by atoms with Crippen molar-refractivity contribution in [2.75, 3.05) is 7.11 Å². The molecule has 3 atom stereocenters. The number of fused-ring (bicyclic) bond motifs is 1. The fourth-order valence-corrected chi connectivity index (χ4v) is 3.34. The molecular formula is C11H17NO4. The molecule has 0 bridgehead atoms. The van der Waals surface area contributed by atoms with Crippen LogP contribution < -0.4 is 0 Å². The maximum Gasteiger partial charge on any atom is 0.251 e. The Kier molecular flexibility index (Phi) is 2.97. The maximum absolute atomic E-state index is 11.5. The van der Waals surface area contributed by atoms with Crippen LogP contribution in [-0.4, -0.2) is 29.5 Å². The van der Waals surface area contributed by atoms with E-state index in [1.807, 2.05) is 0 Å². The summed E-state index contributed by atoms with van der Waals surface area (Å²) in [7, 11) is 1.47. The first-order valence-corrected chi connectivity index (χ1v) is 5.80. The van der Waals surface area contributed by atoms with E-state index < -0.39 is 11.6 Å². The highest BCUT2D eigenvalue weighted by atomic mass is 16.6. The lowest BCUT2D eigenvalue weighted by Crippen LogP contribution is -2.60. The number of hydrogen-bond donors (Lipinski definition) is 0. The van der Waals surface area contributed by atoms with Gasteiger partial charge in [0.15, 0.2) is 0 Å². The number of methoxy groups -OCH3 is 1. The van der Waals surface area contributed by atoms with Gasteiger partial charge in [-0.1, -0.05) is 6.42 Å². The van der Waals surface area contributed by atoms with Gasteiger partial charge in [0, 0.05) is 37.2 Å². The molecule has 0 aromatic carbocycles. The summed E-state index contributed by atoms with van der Waals surface area (Å²) in [5.74, 6) is -0.0151. The van der Waals surface area contributed by atoms with Crippen molar-refractivity contribution in [3.8, 4) is 0 Å². The van der Waals surface area contributed by atoms with E-state index in [1.54, 1.807) is 0 Å². The minimum atomic E-state index is -0.999. The summed E-state index contributed by atoms with van der Waals surface area (Å²) in [6.45, 7) is 0. The third-order valence-electron chi connectivity index (χ3n) is 4.16. The van der Waals surface area contributed by atoms with E-state index in [0.29, 0.717) is 12.8 Å². The highest BCUT2D eigenvalue weighted by Gasteiger charge is 2.60. The molecule has 2 rings (SSSR count). The van der Waals surface area contributed by atoms with E-state index in [1.165, 1.54) is 7.11 Å². The zero-order chi connectivity index (χ0) is 11.8.